The van der Waals surface area contributed by atoms with Gasteiger partial charge in [0, 0.05) is 51.7 Å². The van der Waals surface area contributed by atoms with Crippen molar-refractivity contribution in [2.75, 3.05) is 46.3 Å². The van der Waals surface area contributed by atoms with E-state index >= 15 is 0 Å². The van der Waals surface area contributed by atoms with E-state index < -0.39 is 11.9 Å². The molecule has 0 bridgehead atoms. The number of hydrogen-bond acceptors (Lipinski definition) is 5. The van der Waals surface area contributed by atoms with Gasteiger partial charge in [-0.15, -0.1) is 0 Å². The summed E-state index contributed by atoms with van der Waals surface area (Å²) in [6, 6.07) is 0.705. The average molecular weight is 357 g/mol. The molecular formula is C17H31N3O5. The first-order valence-corrected chi connectivity index (χ1v) is 8.87. The monoisotopic (exact) mass is 357 g/mol. The van der Waals surface area contributed by atoms with Crippen LogP contribution >= 0.6 is 0 Å². The number of likely N-dealkylation sites (N-methyl/N-ethyl adjacent to an activating group) is 1. The van der Waals surface area contributed by atoms with Gasteiger partial charge in [-0.25, -0.2) is 9.59 Å². The molecule has 0 aromatic rings. The van der Waals surface area contributed by atoms with E-state index in [1.807, 2.05) is 0 Å². The van der Waals surface area contributed by atoms with Crippen LogP contribution in [0.3, 0.4) is 0 Å². The summed E-state index contributed by atoms with van der Waals surface area (Å²) in [5.74, 6) is -2.82. The number of carbonyl (C=O) groups excluding carboxylic acids is 1. The highest BCUT2D eigenvalue weighted by atomic mass is 16.4. The maximum atomic E-state index is 12.0. The topological polar surface area (TPSA) is 101 Å². The van der Waals surface area contributed by atoms with Crippen LogP contribution in [0.1, 0.15) is 33.1 Å². The van der Waals surface area contributed by atoms with Crippen molar-refractivity contribution in [1.29, 1.82) is 0 Å². The highest BCUT2D eigenvalue weighted by molar-refractivity contribution is 6.27. The molecule has 2 N–H and O–H groups in total. The molecule has 0 atom stereocenters. The number of piperidine rings is 1. The minimum absolute atomic E-state index is 0.354. The predicted molar refractivity (Wildman–Crippen MR) is 93.4 cm³/mol. The summed E-state index contributed by atoms with van der Waals surface area (Å²) >= 11 is 0. The van der Waals surface area contributed by atoms with E-state index in [0.717, 1.165) is 25.9 Å². The minimum Gasteiger partial charge on any atom is -0.473 e. The summed E-state index contributed by atoms with van der Waals surface area (Å²) in [4.78, 5) is 37.3. The summed E-state index contributed by atoms with van der Waals surface area (Å²) in [5.41, 5.74) is 0. The molecule has 144 valence electrons. The van der Waals surface area contributed by atoms with Crippen molar-refractivity contribution in [3.63, 3.8) is 0 Å². The lowest BCUT2D eigenvalue weighted by atomic mass is 10.0. The molecule has 0 aromatic carbocycles. The Hall–Kier alpha value is -1.67. The van der Waals surface area contributed by atoms with Gasteiger partial charge >= 0.3 is 11.9 Å². The zero-order valence-electron chi connectivity index (χ0n) is 15.5. The van der Waals surface area contributed by atoms with Gasteiger partial charge in [0.1, 0.15) is 0 Å². The minimum atomic E-state index is -1.82. The summed E-state index contributed by atoms with van der Waals surface area (Å²) in [7, 11) is 2.20. The molecule has 2 aliphatic rings. The molecule has 8 heteroatoms. The number of aliphatic carboxylic acids is 2. The SMILES string of the molecule is CC(C)CC(=O)N1CCC(N2CCN(C)CC2)CC1.O=C(O)C(=O)O. The summed E-state index contributed by atoms with van der Waals surface area (Å²) in [6.07, 6.45) is 3.03. The number of carboxylic acids is 2. The fraction of sp³-hybridized carbons (Fsp3) is 0.824. The molecule has 0 saturated carbocycles. The summed E-state index contributed by atoms with van der Waals surface area (Å²) in [6.45, 7) is 10.9. The maximum Gasteiger partial charge on any atom is 0.414 e. The Morgan fingerprint density at radius 3 is 1.80 bits per heavy atom. The molecule has 0 unspecified atom stereocenters. The van der Waals surface area contributed by atoms with Crippen LogP contribution in [-0.2, 0) is 14.4 Å². The third-order valence-corrected chi connectivity index (χ3v) is 4.64. The van der Waals surface area contributed by atoms with Crippen molar-refractivity contribution >= 4 is 17.8 Å². The third kappa shape index (κ3) is 7.83. The Balaban J connectivity index is 0.000000450. The molecule has 8 nitrogen and oxygen atoms in total. The Kier molecular flexibility index (Phi) is 8.85. The van der Waals surface area contributed by atoms with Gasteiger partial charge in [-0.3, -0.25) is 9.69 Å². The first-order valence-electron chi connectivity index (χ1n) is 8.87. The van der Waals surface area contributed by atoms with Crippen LogP contribution in [0.4, 0.5) is 0 Å². The second-order valence-corrected chi connectivity index (χ2v) is 7.16. The number of likely N-dealkylation sites (tertiary alicyclic amines) is 1. The van der Waals surface area contributed by atoms with Crippen molar-refractivity contribution in [2.24, 2.45) is 5.92 Å². The van der Waals surface area contributed by atoms with Crippen molar-refractivity contribution in [2.45, 2.75) is 39.2 Å². The standard InChI is InChI=1S/C15H29N3O.C2H2O4/c1-13(2)12-15(19)18-6-4-14(5-7-18)17-10-8-16(3)9-11-17;3-1(4)2(5)6/h13-14H,4-12H2,1-3H3;(H,3,4)(H,5,6). The Labute approximate surface area is 149 Å². The van der Waals surface area contributed by atoms with E-state index in [9.17, 15) is 4.79 Å². The van der Waals surface area contributed by atoms with E-state index in [1.165, 1.54) is 26.2 Å². The van der Waals surface area contributed by atoms with E-state index in [-0.39, 0.29) is 0 Å². The normalized spacial score (nSPS) is 20.1. The molecule has 2 aliphatic heterocycles. The molecular weight excluding hydrogens is 326 g/mol. The quantitative estimate of drug-likeness (QED) is 0.706. The molecule has 0 aliphatic carbocycles. The first kappa shape index (κ1) is 21.4. The van der Waals surface area contributed by atoms with E-state index in [4.69, 9.17) is 19.8 Å². The van der Waals surface area contributed by atoms with Crippen LogP contribution < -0.4 is 0 Å². The van der Waals surface area contributed by atoms with E-state index in [0.29, 0.717) is 24.3 Å². The summed E-state index contributed by atoms with van der Waals surface area (Å²) < 4.78 is 0. The van der Waals surface area contributed by atoms with Gasteiger partial charge in [0.2, 0.25) is 5.91 Å². The van der Waals surface area contributed by atoms with Gasteiger partial charge in [-0.2, -0.15) is 0 Å². The number of rotatable bonds is 3. The second-order valence-electron chi connectivity index (χ2n) is 7.16. The lowest BCUT2D eigenvalue weighted by Gasteiger charge is -2.42. The largest absolute Gasteiger partial charge is 0.473 e. The van der Waals surface area contributed by atoms with Crippen molar-refractivity contribution in [3.05, 3.63) is 0 Å². The van der Waals surface area contributed by atoms with Gasteiger partial charge < -0.3 is 20.0 Å². The van der Waals surface area contributed by atoms with Crippen molar-refractivity contribution in [3.8, 4) is 0 Å². The molecule has 0 radical (unpaired) electrons. The Morgan fingerprint density at radius 1 is 0.920 bits per heavy atom. The van der Waals surface area contributed by atoms with Crippen LogP contribution in [0.2, 0.25) is 0 Å². The third-order valence-electron chi connectivity index (χ3n) is 4.64. The first-order chi connectivity index (χ1) is 11.7. The van der Waals surface area contributed by atoms with Crippen LogP contribution in [0.25, 0.3) is 0 Å². The molecule has 0 spiro atoms. The second kappa shape index (κ2) is 10.4. The number of hydrogen-bond donors (Lipinski definition) is 2. The lowest BCUT2D eigenvalue weighted by Crippen LogP contribution is -2.53. The Bertz CT molecular complexity index is 441. The summed E-state index contributed by atoms with van der Waals surface area (Å²) in [5, 5.41) is 14.8. The lowest BCUT2D eigenvalue weighted by molar-refractivity contribution is -0.159. The zero-order valence-corrected chi connectivity index (χ0v) is 15.5. The smallest absolute Gasteiger partial charge is 0.414 e. The fourth-order valence-corrected chi connectivity index (χ4v) is 3.15. The highest BCUT2D eigenvalue weighted by Crippen LogP contribution is 2.19. The predicted octanol–water partition coefficient (Wildman–Crippen LogP) is 0.427. The van der Waals surface area contributed by atoms with Crippen molar-refractivity contribution < 1.29 is 24.6 Å². The van der Waals surface area contributed by atoms with Gasteiger partial charge in [-0.05, 0) is 25.8 Å². The molecule has 1 amide bonds. The molecule has 2 rings (SSSR count). The number of amides is 1. The van der Waals surface area contributed by atoms with Gasteiger partial charge in [0.05, 0.1) is 0 Å². The van der Waals surface area contributed by atoms with Crippen LogP contribution in [0, 0.1) is 5.92 Å². The number of carbonyl (C=O) groups is 3. The highest BCUT2D eigenvalue weighted by Gasteiger charge is 2.28. The van der Waals surface area contributed by atoms with E-state index in [2.05, 4.69) is 35.6 Å². The number of nitrogens with zero attached hydrogens (tertiary/aromatic N) is 3. The molecule has 2 heterocycles. The van der Waals surface area contributed by atoms with Gasteiger partial charge in [-0.1, -0.05) is 13.8 Å². The maximum absolute atomic E-state index is 12.0. The molecule has 0 aromatic heterocycles. The van der Waals surface area contributed by atoms with E-state index in [1.54, 1.807) is 0 Å². The van der Waals surface area contributed by atoms with Crippen LogP contribution in [-0.4, -0.2) is 95.1 Å². The fourth-order valence-electron chi connectivity index (χ4n) is 3.15. The van der Waals surface area contributed by atoms with Gasteiger partial charge in [0.25, 0.3) is 0 Å². The zero-order chi connectivity index (χ0) is 19.0. The van der Waals surface area contributed by atoms with Crippen LogP contribution in [0.5, 0.6) is 0 Å². The van der Waals surface area contributed by atoms with Gasteiger partial charge in [0.15, 0.2) is 0 Å². The Morgan fingerprint density at radius 2 is 1.40 bits per heavy atom. The van der Waals surface area contributed by atoms with Crippen LogP contribution in [0.15, 0.2) is 0 Å². The molecule has 2 saturated heterocycles. The number of carboxylic acid groups (broad SMARTS) is 2. The number of piperazine rings is 1. The molecule has 2 fully saturated rings. The van der Waals surface area contributed by atoms with Crippen molar-refractivity contribution in [1.82, 2.24) is 14.7 Å². The molecule has 25 heavy (non-hydrogen) atoms. The average Bonchev–Trinajstić information content (AvgIpc) is 2.55.